The molecule has 0 aliphatic carbocycles. The van der Waals surface area contributed by atoms with Crippen LogP contribution in [0.3, 0.4) is 0 Å². The van der Waals surface area contributed by atoms with Crippen molar-refractivity contribution in [3.63, 3.8) is 0 Å². The van der Waals surface area contributed by atoms with Gasteiger partial charge in [-0.2, -0.15) is 0 Å². The van der Waals surface area contributed by atoms with Crippen LogP contribution in [0.5, 0.6) is 0 Å². The van der Waals surface area contributed by atoms with E-state index in [0.717, 1.165) is 18.4 Å². The third-order valence-electron chi connectivity index (χ3n) is 4.85. The SMILES string of the molecule is CC(c1ccc(-c2ccccc2)cc1)N1CCC(CCCO)OC1=O. The average molecular weight is 339 g/mol. The molecule has 4 nitrogen and oxygen atoms in total. The fourth-order valence-corrected chi connectivity index (χ4v) is 3.28. The number of amides is 1. The van der Waals surface area contributed by atoms with Crippen LogP contribution < -0.4 is 0 Å². The molecule has 2 atom stereocenters. The Hall–Kier alpha value is -2.33. The number of carbonyl (C=O) groups excluding carboxylic acids is 1. The molecule has 25 heavy (non-hydrogen) atoms. The third kappa shape index (κ3) is 4.20. The number of aliphatic hydroxyl groups excluding tert-OH is 1. The van der Waals surface area contributed by atoms with Gasteiger partial charge in [0, 0.05) is 19.6 Å². The first-order valence-electron chi connectivity index (χ1n) is 8.92. The van der Waals surface area contributed by atoms with Crippen molar-refractivity contribution < 1.29 is 14.6 Å². The lowest BCUT2D eigenvalue weighted by Crippen LogP contribution is -2.43. The average Bonchev–Trinajstić information content (AvgIpc) is 2.67. The van der Waals surface area contributed by atoms with Gasteiger partial charge in [-0.3, -0.25) is 0 Å². The summed E-state index contributed by atoms with van der Waals surface area (Å²) in [5.74, 6) is 0. The second-order valence-corrected chi connectivity index (χ2v) is 6.52. The Morgan fingerprint density at radius 2 is 1.80 bits per heavy atom. The maximum atomic E-state index is 12.3. The first-order valence-corrected chi connectivity index (χ1v) is 8.92. The van der Waals surface area contributed by atoms with E-state index in [-0.39, 0.29) is 24.8 Å². The molecule has 2 aromatic rings. The highest BCUT2D eigenvalue weighted by molar-refractivity contribution is 5.69. The van der Waals surface area contributed by atoms with Crippen LogP contribution in [-0.4, -0.2) is 35.4 Å². The highest BCUT2D eigenvalue weighted by Crippen LogP contribution is 2.28. The molecule has 132 valence electrons. The van der Waals surface area contributed by atoms with E-state index in [9.17, 15) is 4.79 Å². The first-order chi connectivity index (χ1) is 12.2. The number of carbonyl (C=O) groups is 1. The van der Waals surface area contributed by atoms with Gasteiger partial charge in [0.1, 0.15) is 6.10 Å². The molecule has 0 spiro atoms. The molecule has 4 heteroatoms. The van der Waals surface area contributed by atoms with Gasteiger partial charge >= 0.3 is 6.09 Å². The number of benzene rings is 2. The fourth-order valence-electron chi connectivity index (χ4n) is 3.28. The van der Waals surface area contributed by atoms with E-state index in [4.69, 9.17) is 9.84 Å². The van der Waals surface area contributed by atoms with Gasteiger partial charge < -0.3 is 14.7 Å². The molecule has 3 rings (SSSR count). The summed E-state index contributed by atoms with van der Waals surface area (Å²) < 4.78 is 5.51. The summed E-state index contributed by atoms with van der Waals surface area (Å²) in [6.45, 7) is 2.87. The molecule has 0 bridgehead atoms. The minimum atomic E-state index is -0.256. The Labute approximate surface area is 149 Å². The van der Waals surface area contributed by atoms with Crippen LogP contribution in [0, 0.1) is 0 Å². The summed E-state index contributed by atoms with van der Waals surface area (Å²) >= 11 is 0. The zero-order valence-corrected chi connectivity index (χ0v) is 14.6. The van der Waals surface area contributed by atoms with Crippen molar-refractivity contribution in [3.05, 3.63) is 60.2 Å². The van der Waals surface area contributed by atoms with Crippen LogP contribution in [-0.2, 0) is 4.74 Å². The van der Waals surface area contributed by atoms with Crippen molar-refractivity contribution in [2.24, 2.45) is 0 Å². The van der Waals surface area contributed by atoms with Crippen molar-refractivity contribution >= 4 is 6.09 Å². The molecule has 1 saturated heterocycles. The van der Waals surface area contributed by atoms with Crippen molar-refractivity contribution in [1.29, 1.82) is 0 Å². The molecule has 1 N–H and O–H groups in total. The number of aliphatic hydroxyl groups is 1. The summed E-state index contributed by atoms with van der Waals surface area (Å²) in [5, 5.41) is 8.91. The van der Waals surface area contributed by atoms with E-state index >= 15 is 0 Å². The lowest BCUT2D eigenvalue weighted by atomic mass is 10.00. The van der Waals surface area contributed by atoms with E-state index in [1.807, 2.05) is 25.1 Å². The maximum Gasteiger partial charge on any atom is 0.410 e. The third-order valence-corrected chi connectivity index (χ3v) is 4.85. The molecule has 0 saturated carbocycles. The molecular formula is C21H25NO3. The van der Waals surface area contributed by atoms with Crippen LogP contribution in [0.15, 0.2) is 54.6 Å². The Bertz CT molecular complexity index is 684. The van der Waals surface area contributed by atoms with Crippen molar-refractivity contribution in [2.45, 2.75) is 38.3 Å². The predicted molar refractivity (Wildman–Crippen MR) is 98.2 cm³/mol. The second-order valence-electron chi connectivity index (χ2n) is 6.52. The van der Waals surface area contributed by atoms with Gasteiger partial charge in [-0.1, -0.05) is 54.6 Å². The second kappa shape index (κ2) is 8.17. The predicted octanol–water partition coefficient (Wildman–Crippen LogP) is 4.40. The highest BCUT2D eigenvalue weighted by Gasteiger charge is 2.30. The minimum absolute atomic E-state index is 0.0175. The number of hydrogen-bond acceptors (Lipinski definition) is 3. The topological polar surface area (TPSA) is 49.8 Å². The number of cyclic esters (lactones) is 1. The molecule has 1 heterocycles. The molecule has 1 fully saturated rings. The number of hydrogen-bond donors (Lipinski definition) is 1. The van der Waals surface area contributed by atoms with Gasteiger partial charge in [-0.05, 0) is 36.5 Å². The molecular weight excluding hydrogens is 314 g/mol. The minimum Gasteiger partial charge on any atom is -0.446 e. The highest BCUT2D eigenvalue weighted by atomic mass is 16.6. The monoisotopic (exact) mass is 339 g/mol. The Balaban J connectivity index is 1.65. The molecule has 1 aliphatic rings. The van der Waals surface area contributed by atoms with Gasteiger partial charge in [0.05, 0.1) is 6.04 Å². The van der Waals surface area contributed by atoms with Gasteiger partial charge in [-0.25, -0.2) is 4.79 Å². The summed E-state index contributed by atoms with van der Waals surface area (Å²) in [6, 6.07) is 18.6. The van der Waals surface area contributed by atoms with Crippen molar-refractivity contribution in [2.75, 3.05) is 13.2 Å². The van der Waals surface area contributed by atoms with Gasteiger partial charge in [-0.15, -0.1) is 0 Å². The zero-order chi connectivity index (χ0) is 17.6. The van der Waals surface area contributed by atoms with Crippen LogP contribution in [0.2, 0.25) is 0 Å². The first kappa shape index (κ1) is 17.5. The van der Waals surface area contributed by atoms with E-state index < -0.39 is 0 Å². The Morgan fingerprint density at radius 1 is 1.12 bits per heavy atom. The van der Waals surface area contributed by atoms with Gasteiger partial charge in [0.2, 0.25) is 0 Å². The van der Waals surface area contributed by atoms with E-state index in [2.05, 4.69) is 36.4 Å². The Morgan fingerprint density at radius 3 is 2.44 bits per heavy atom. The zero-order valence-electron chi connectivity index (χ0n) is 14.6. The number of ether oxygens (including phenoxy) is 1. The molecule has 2 aromatic carbocycles. The van der Waals surface area contributed by atoms with Gasteiger partial charge in [0.25, 0.3) is 0 Å². The quantitative estimate of drug-likeness (QED) is 0.849. The van der Waals surface area contributed by atoms with E-state index in [1.54, 1.807) is 4.90 Å². The van der Waals surface area contributed by atoms with Crippen molar-refractivity contribution in [3.8, 4) is 11.1 Å². The lowest BCUT2D eigenvalue weighted by Gasteiger charge is -2.35. The molecule has 2 unspecified atom stereocenters. The fraction of sp³-hybridized carbons (Fsp3) is 0.381. The summed E-state index contributed by atoms with van der Waals surface area (Å²) in [4.78, 5) is 14.1. The van der Waals surface area contributed by atoms with E-state index in [0.29, 0.717) is 13.0 Å². The molecule has 1 amide bonds. The molecule has 1 aliphatic heterocycles. The van der Waals surface area contributed by atoms with Crippen LogP contribution in [0.25, 0.3) is 11.1 Å². The van der Waals surface area contributed by atoms with Crippen LogP contribution in [0.1, 0.15) is 37.8 Å². The number of nitrogens with zero attached hydrogens (tertiary/aromatic N) is 1. The molecule has 0 aromatic heterocycles. The normalized spacial score (nSPS) is 18.7. The standard InChI is InChI=1S/C21H25NO3/c1-16(22-14-13-20(8-5-15-23)25-21(22)24)17-9-11-19(12-10-17)18-6-3-2-4-7-18/h2-4,6-7,9-12,16,20,23H,5,8,13-15H2,1H3. The molecule has 0 radical (unpaired) electrons. The van der Waals surface area contributed by atoms with Crippen LogP contribution >= 0.6 is 0 Å². The summed E-state index contributed by atoms with van der Waals surface area (Å²) in [5.41, 5.74) is 3.46. The lowest BCUT2D eigenvalue weighted by molar-refractivity contribution is 0.00760. The maximum absolute atomic E-state index is 12.3. The Kier molecular flexibility index (Phi) is 5.71. The summed E-state index contributed by atoms with van der Waals surface area (Å²) in [7, 11) is 0. The van der Waals surface area contributed by atoms with Crippen LogP contribution in [0.4, 0.5) is 4.79 Å². The van der Waals surface area contributed by atoms with Crippen molar-refractivity contribution in [1.82, 2.24) is 4.90 Å². The number of rotatable bonds is 6. The van der Waals surface area contributed by atoms with E-state index in [1.165, 1.54) is 11.1 Å². The largest absolute Gasteiger partial charge is 0.446 e. The van der Waals surface area contributed by atoms with Gasteiger partial charge in [0.15, 0.2) is 0 Å². The smallest absolute Gasteiger partial charge is 0.410 e. The summed E-state index contributed by atoms with van der Waals surface area (Å²) in [6.07, 6.45) is 1.90.